The van der Waals surface area contributed by atoms with Crippen molar-refractivity contribution in [2.75, 3.05) is 6.54 Å². The van der Waals surface area contributed by atoms with E-state index in [1.165, 1.54) is 6.21 Å². The monoisotopic (exact) mass is 277 g/mol. The Labute approximate surface area is 115 Å². The SMILES string of the molecule is N=C1N=C[C-]=C/C1=C1/N=CCCN1.[CH3-].[Y]. The first-order valence-corrected chi connectivity index (χ1v) is 4.09. The van der Waals surface area contributed by atoms with E-state index in [4.69, 9.17) is 5.41 Å². The van der Waals surface area contributed by atoms with Crippen LogP contribution >= 0.6 is 0 Å². The van der Waals surface area contributed by atoms with Crippen molar-refractivity contribution >= 4 is 18.3 Å². The van der Waals surface area contributed by atoms with E-state index in [0.29, 0.717) is 5.57 Å². The first-order valence-electron chi connectivity index (χ1n) is 4.09. The van der Waals surface area contributed by atoms with Crippen LogP contribution in [0.25, 0.3) is 0 Å². The maximum Gasteiger partial charge on any atom is 0.0708 e. The van der Waals surface area contributed by atoms with Crippen molar-refractivity contribution in [2.45, 2.75) is 6.42 Å². The van der Waals surface area contributed by atoms with Gasteiger partial charge in [0.25, 0.3) is 0 Å². The van der Waals surface area contributed by atoms with Gasteiger partial charge in [-0.3, -0.25) is 9.98 Å². The van der Waals surface area contributed by atoms with Gasteiger partial charge in [0.15, 0.2) is 0 Å². The van der Waals surface area contributed by atoms with Crippen molar-refractivity contribution in [3.8, 4) is 0 Å². The van der Waals surface area contributed by atoms with Gasteiger partial charge in [0.1, 0.15) is 0 Å². The van der Waals surface area contributed by atoms with Crippen LogP contribution in [0.2, 0.25) is 0 Å². The average molecular weight is 277 g/mol. The molecule has 0 saturated carbocycles. The normalized spacial score (nSPS) is 22.8. The Morgan fingerprint density at radius 2 is 2.20 bits per heavy atom. The molecule has 4 nitrogen and oxygen atoms in total. The van der Waals surface area contributed by atoms with E-state index in [1.54, 1.807) is 6.08 Å². The Morgan fingerprint density at radius 3 is 2.80 bits per heavy atom. The maximum atomic E-state index is 7.54. The number of aliphatic imine (C=N–C) groups is 2. The van der Waals surface area contributed by atoms with Crippen LogP contribution in [0.4, 0.5) is 0 Å². The Bertz CT molecular complexity index is 352. The molecule has 1 radical (unpaired) electrons. The zero-order valence-corrected chi connectivity index (χ0v) is 11.5. The summed E-state index contributed by atoms with van der Waals surface area (Å²) in [6, 6.07) is 0. The number of hydrogen-bond donors (Lipinski definition) is 2. The molecule has 2 N–H and O–H groups in total. The van der Waals surface area contributed by atoms with Gasteiger partial charge in [-0.15, -0.1) is 0 Å². The molecule has 77 valence electrons. The summed E-state index contributed by atoms with van der Waals surface area (Å²) >= 11 is 0. The summed E-state index contributed by atoms with van der Waals surface area (Å²) in [7, 11) is 0. The Morgan fingerprint density at radius 1 is 1.40 bits per heavy atom. The third kappa shape index (κ3) is 3.47. The zero-order chi connectivity index (χ0) is 9.10. The topological polar surface area (TPSA) is 60.6 Å². The summed E-state index contributed by atoms with van der Waals surface area (Å²) in [5.74, 6) is 0.959. The summed E-state index contributed by atoms with van der Waals surface area (Å²) in [5, 5.41) is 10.7. The van der Waals surface area contributed by atoms with Crippen LogP contribution in [0.3, 0.4) is 0 Å². The minimum atomic E-state index is 0. The van der Waals surface area contributed by atoms with Crippen LogP contribution in [0, 0.1) is 18.9 Å². The van der Waals surface area contributed by atoms with Crippen LogP contribution in [0.15, 0.2) is 27.5 Å². The van der Waals surface area contributed by atoms with E-state index < -0.39 is 0 Å². The number of allylic oxidation sites excluding steroid dienone is 1. The summed E-state index contributed by atoms with van der Waals surface area (Å²) in [6.45, 7) is 0.868. The van der Waals surface area contributed by atoms with E-state index in [-0.39, 0.29) is 46.0 Å². The molecule has 5 heteroatoms. The molecule has 2 rings (SSSR count). The third-order valence-electron chi connectivity index (χ3n) is 1.79. The van der Waals surface area contributed by atoms with E-state index in [9.17, 15) is 0 Å². The Hall–Kier alpha value is -0.606. The molecule has 2 aliphatic heterocycles. The van der Waals surface area contributed by atoms with Crippen LogP contribution in [-0.2, 0) is 32.7 Å². The standard InChI is InChI=1S/C9H9N4.CH3.Y/c10-8-7(3-1-4-11-8)9-12-5-2-6-13-9;;/h3-5,10,13H,2,6H2;1H3;/q2*-1;/b9-7+,10-8?;;. The summed E-state index contributed by atoms with van der Waals surface area (Å²) in [5.41, 5.74) is 0.707. The van der Waals surface area contributed by atoms with Crippen molar-refractivity contribution in [3.05, 3.63) is 31.0 Å². The van der Waals surface area contributed by atoms with Gasteiger partial charge in [0.05, 0.1) is 11.7 Å². The first kappa shape index (κ1) is 14.4. The van der Waals surface area contributed by atoms with Crippen molar-refractivity contribution < 1.29 is 32.7 Å². The number of rotatable bonds is 0. The van der Waals surface area contributed by atoms with Gasteiger partial charge in [-0.25, -0.2) is 12.2 Å². The molecule has 15 heavy (non-hydrogen) atoms. The maximum absolute atomic E-state index is 7.54. The second kappa shape index (κ2) is 6.80. The van der Waals surface area contributed by atoms with Crippen molar-refractivity contribution in [2.24, 2.45) is 9.98 Å². The molecule has 0 bridgehead atoms. The van der Waals surface area contributed by atoms with Crippen molar-refractivity contribution in [3.63, 3.8) is 0 Å². The molecule has 2 heterocycles. The minimum absolute atomic E-state index is 0. The molecular weight excluding hydrogens is 265 g/mol. The molecule has 0 spiro atoms. The van der Waals surface area contributed by atoms with Gasteiger partial charge in [0, 0.05) is 51.9 Å². The van der Waals surface area contributed by atoms with Crippen LogP contribution in [0.1, 0.15) is 6.42 Å². The first-order chi connectivity index (χ1) is 6.38. The molecule has 0 aliphatic carbocycles. The Balaban J connectivity index is 0.000000980. The molecule has 0 amide bonds. The molecule has 0 aromatic rings. The molecule has 0 fully saturated rings. The number of nitrogens with one attached hydrogen (secondary N) is 2. The number of hydrogen-bond acceptors (Lipinski definition) is 3. The number of amidine groups is 1. The quantitative estimate of drug-likeness (QED) is 0.641. The molecule has 0 aromatic heterocycles. The van der Waals surface area contributed by atoms with Gasteiger partial charge in [-0.05, 0) is 0 Å². The molecule has 0 unspecified atom stereocenters. The molecule has 0 atom stereocenters. The molecular formula is C10H12N4Y-2. The van der Waals surface area contributed by atoms with Crippen LogP contribution in [0.5, 0.6) is 0 Å². The van der Waals surface area contributed by atoms with Gasteiger partial charge < -0.3 is 18.2 Å². The smallest absolute Gasteiger partial charge is 0.0708 e. The van der Waals surface area contributed by atoms with E-state index in [0.717, 1.165) is 18.8 Å². The van der Waals surface area contributed by atoms with Gasteiger partial charge in [0.2, 0.25) is 0 Å². The molecule has 0 aromatic carbocycles. The van der Waals surface area contributed by atoms with E-state index in [1.807, 2.05) is 6.21 Å². The fourth-order valence-electron chi connectivity index (χ4n) is 1.16. The summed E-state index contributed by atoms with van der Waals surface area (Å²) in [6.07, 6.45) is 8.82. The zero-order valence-electron chi connectivity index (χ0n) is 8.62. The van der Waals surface area contributed by atoms with Gasteiger partial charge >= 0.3 is 0 Å². The predicted molar refractivity (Wildman–Crippen MR) is 58.6 cm³/mol. The molecule has 2 aliphatic rings. The minimum Gasteiger partial charge on any atom is -0.384 e. The number of dihydropyridines is 1. The van der Waals surface area contributed by atoms with E-state index in [2.05, 4.69) is 21.4 Å². The summed E-state index contributed by atoms with van der Waals surface area (Å²) in [4.78, 5) is 7.99. The Kier molecular flexibility index (Phi) is 6.53. The van der Waals surface area contributed by atoms with Gasteiger partial charge in [-0.2, -0.15) is 0 Å². The van der Waals surface area contributed by atoms with Crippen LogP contribution in [-0.4, -0.2) is 24.8 Å². The fraction of sp³-hybridized carbons (Fsp3) is 0.200. The largest absolute Gasteiger partial charge is 0.384 e. The number of nitrogens with zero attached hydrogens (tertiary/aromatic N) is 2. The average Bonchev–Trinajstić information content (AvgIpc) is 2.20. The fourth-order valence-corrected chi connectivity index (χ4v) is 1.16. The van der Waals surface area contributed by atoms with E-state index >= 15 is 0 Å². The van der Waals surface area contributed by atoms with Crippen LogP contribution < -0.4 is 5.32 Å². The second-order valence-corrected chi connectivity index (χ2v) is 2.71. The predicted octanol–water partition coefficient (Wildman–Crippen LogP) is 1.13. The molecule has 0 saturated heterocycles. The van der Waals surface area contributed by atoms with Crippen molar-refractivity contribution in [1.82, 2.24) is 5.32 Å². The summed E-state index contributed by atoms with van der Waals surface area (Å²) < 4.78 is 0. The second-order valence-electron chi connectivity index (χ2n) is 2.71. The van der Waals surface area contributed by atoms with Crippen molar-refractivity contribution in [1.29, 1.82) is 5.41 Å². The third-order valence-corrected chi connectivity index (χ3v) is 1.79. The van der Waals surface area contributed by atoms with Gasteiger partial charge in [-0.1, -0.05) is 11.8 Å².